The van der Waals surface area contributed by atoms with Crippen LogP contribution in [-0.4, -0.2) is 93.8 Å². The van der Waals surface area contributed by atoms with Gasteiger partial charge in [-0.25, -0.2) is 8.42 Å². The van der Waals surface area contributed by atoms with Crippen LogP contribution in [0.25, 0.3) is 21.5 Å². The molecule has 0 radical (unpaired) electrons. The summed E-state index contributed by atoms with van der Waals surface area (Å²) in [7, 11) is -9.37. The molecule has 0 aliphatic heterocycles. The van der Waals surface area contributed by atoms with E-state index in [1.54, 1.807) is 97.1 Å². The van der Waals surface area contributed by atoms with Crippen molar-refractivity contribution in [2.24, 2.45) is 20.5 Å². The second kappa shape index (κ2) is 24.7. The maximum atomic E-state index is 13.3. The summed E-state index contributed by atoms with van der Waals surface area (Å²) in [6, 6.07) is 35.1. The van der Waals surface area contributed by atoms with Crippen LogP contribution in [0.2, 0.25) is 10.0 Å². The average molecular weight is 1120 g/mol. The third kappa shape index (κ3) is 14.0. The van der Waals surface area contributed by atoms with Crippen molar-refractivity contribution in [1.29, 1.82) is 0 Å². The number of hydrogen-bond acceptors (Lipinski definition) is 15. The molecule has 0 spiro atoms. The molecular weight excluding hydrogens is 1080 g/mol. The fraction of sp³-hybridized carbons (Fsp3) is 0.115. The largest absolute Gasteiger partial charge is 2.00 e. The van der Waals surface area contributed by atoms with Gasteiger partial charge in [-0.2, -0.15) is 23.8 Å². The van der Waals surface area contributed by atoms with Crippen molar-refractivity contribution in [3.63, 3.8) is 0 Å². The zero-order valence-corrected chi connectivity index (χ0v) is 45.5. The first-order valence-corrected chi connectivity index (χ1v) is 25.7. The number of benzene rings is 8. The summed E-state index contributed by atoms with van der Waals surface area (Å²) in [5.41, 5.74) is 0.843. The maximum absolute atomic E-state index is 13.3. The summed E-state index contributed by atoms with van der Waals surface area (Å²) in [5.74, 6) is -1.01. The van der Waals surface area contributed by atoms with Gasteiger partial charge in [-0.05, 0) is 135 Å². The minimum atomic E-state index is -4.82. The van der Waals surface area contributed by atoms with Crippen LogP contribution in [0.15, 0.2) is 164 Å². The number of hydrogen-bond donors (Lipinski definition) is 4. The smallest absolute Gasteiger partial charge is 0.870 e. The first kappa shape index (κ1) is 57.6. The molecule has 0 bridgehead atoms. The van der Waals surface area contributed by atoms with E-state index in [0.29, 0.717) is 57.6 Å². The van der Waals surface area contributed by atoms with E-state index in [1.165, 1.54) is 38.1 Å². The summed E-state index contributed by atoms with van der Waals surface area (Å²) >= 11 is 12.0. The molecule has 0 heterocycles. The van der Waals surface area contributed by atoms with Crippen molar-refractivity contribution in [3.05, 3.63) is 166 Å². The van der Waals surface area contributed by atoms with Crippen LogP contribution in [0.5, 0.6) is 23.0 Å². The Hall–Kier alpha value is -6.72. The van der Waals surface area contributed by atoms with E-state index in [0.717, 1.165) is 12.1 Å². The molecule has 2 amide bonds. The maximum Gasteiger partial charge on any atom is 2.00 e. The number of halogens is 2. The summed E-state index contributed by atoms with van der Waals surface area (Å²) < 4.78 is 78.5. The Morgan fingerprint density at radius 1 is 0.600 bits per heavy atom. The van der Waals surface area contributed by atoms with E-state index < -0.39 is 53.3 Å². The molecule has 0 aromatic heterocycles. The number of fused-ring (bicyclic) bond motifs is 2. The Morgan fingerprint density at radius 3 is 1.48 bits per heavy atom. The number of aromatic hydroxyl groups is 1. The zero-order valence-electron chi connectivity index (χ0n) is 40.2. The quantitative estimate of drug-likeness (QED) is 0.0449. The van der Waals surface area contributed by atoms with Crippen molar-refractivity contribution in [3.8, 4) is 23.0 Å². The van der Waals surface area contributed by atoms with Gasteiger partial charge >= 0.3 is 37.7 Å². The number of nitrogens with zero attached hydrogens (tertiary/aromatic N) is 4. The van der Waals surface area contributed by atoms with E-state index in [2.05, 4.69) is 31.1 Å². The van der Waals surface area contributed by atoms with Gasteiger partial charge in [-0.1, -0.05) is 77.5 Å². The number of carbonyl (C=O) groups is 2. The molecule has 23 heteroatoms. The molecule has 0 aliphatic carbocycles. The number of azo groups is 2. The molecule has 75 heavy (non-hydrogen) atoms. The fourth-order valence-corrected chi connectivity index (χ4v) is 9.46. The molecule has 380 valence electrons. The molecule has 0 atom stereocenters. The van der Waals surface area contributed by atoms with E-state index in [4.69, 9.17) is 32.7 Å². The van der Waals surface area contributed by atoms with Crippen LogP contribution < -0.4 is 25.2 Å². The zero-order chi connectivity index (χ0) is 53.5. The van der Waals surface area contributed by atoms with Gasteiger partial charge in [-0.3, -0.25) is 14.1 Å². The van der Waals surface area contributed by atoms with Crippen molar-refractivity contribution >= 4 is 149 Å². The first-order valence-electron chi connectivity index (χ1n) is 22.1. The molecular formula is C52H42CaCl2N6O12S2. The molecule has 0 saturated carbocycles. The van der Waals surface area contributed by atoms with Gasteiger partial charge in [0.05, 0.1) is 40.7 Å². The SMILES string of the molecule is CCOc1ccc(NC(=O)c2cc3ccccc3c(N=Nc3cc(Cl)cc(S(=O)(=O)O)c3C)c2O)cc1.CCOc1ccc(NC(=O)c2cc3ccccc3c(N=Nc3cc(Cl)cc(S(=O)(=O)[O-])c3C)c2[O-])cc1.[Ca+2]. The number of phenolic OH excluding ortho intramolecular Hbond substituents is 1. The second-order valence-electron chi connectivity index (χ2n) is 15.9. The van der Waals surface area contributed by atoms with Crippen molar-refractivity contribution in [2.45, 2.75) is 37.5 Å². The number of phenols is 1. The van der Waals surface area contributed by atoms with Gasteiger partial charge < -0.3 is 34.9 Å². The Labute approximate surface area is 470 Å². The van der Waals surface area contributed by atoms with Crippen LogP contribution in [0.1, 0.15) is 45.7 Å². The third-order valence-corrected chi connectivity index (χ3v) is 13.3. The monoisotopic (exact) mass is 1120 g/mol. The van der Waals surface area contributed by atoms with Gasteiger partial charge in [0, 0.05) is 37.8 Å². The molecule has 8 rings (SSSR count). The first-order chi connectivity index (χ1) is 35.2. The Bertz CT molecular complexity index is 3530. The summed E-state index contributed by atoms with van der Waals surface area (Å²) in [6.45, 7) is 7.56. The summed E-state index contributed by atoms with van der Waals surface area (Å²) in [5, 5.41) is 48.3. The van der Waals surface area contributed by atoms with Crippen LogP contribution >= 0.6 is 23.2 Å². The van der Waals surface area contributed by atoms with Crippen LogP contribution in [-0.2, 0) is 20.2 Å². The standard InChI is InChI=1S/2C26H22ClN3O6S.Ca/c2*1-3-36-19-10-8-18(9-11-19)28-26(32)21-12-16-6-4-5-7-20(16)24(25(21)31)30-29-22-13-17(27)14-23(15(22)2)37(33,34)35;/h2*4-14,31H,3H2,1-2H3,(H,28,32)(H,33,34,35);/q;;+2/p-2. The predicted octanol–water partition coefficient (Wildman–Crippen LogP) is 12.3. The van der Waals surface area contributed by atoms with E-state index in [9.17, 15) is 45.7 Å². The molecule has 8 aromatic rings. The number of carbonyl (C=O) groups excluding carboxylic acids is 2. The molecule has 18 nitrogen and oxygen atoms in total. The number of nitrogens with one attached hydrogen (secondary N) is 2. The number of amides is 2. The second-order valence-corrected chi connectivity index (χ2v) is 19.5. The van der Waals surface area contributed by atoms with E-state index in [-0.39, 0.29) is 92.8 Å². The molecule has 0 fully saturated rings. The molecule has 0 saturated heterocycles. The normalized spacial score (nSPS) is 11.5. The van der Waals surface area contributed by atoms with E-state index >= 15 is 0 Å². The number of rotatable bonds is 14. The summed E-state index contributed by atoms with van der Waals surface area (Å²) in [6.07, 6.45) is 0. The minimum Gasteiger partial charge on any atom is -0.870 e. The molecule has 8 aromatic carbocycles. The number of ether oxygens (including phenoxy) is 2. The average Bonchev–Trinajstić information content (AvgIpc) is 3.35. The van der Waals surface area contributed by atoms with Crippen molar-refractivity contribution in [1.82, 2.24) is 0 Å². The van der Waals surface area contributed by atoms with Gasteiger partial charge in [0.15, 0.2) is 5.75 Å². The Balaban J connectivity index is 0.000000241. The summed E-state index contributed by atoms with van der Waals surface area (Å²) in [4.78, 5) is 25.2. The Kier molecular flexibility index (Phi) is 19.0. The topological polar surface area (TPSA) is 281 Å². The van der Waals surface area contributed by atoms with Gasteiger partial charge in [0.25, 0.3) is 21.9 Å². The van der Waals surface area contributed by atoms with Crippen LogP contribution in [0.3, 0.4) is 0 Å². The van der Waals surface area contributed by atoms with Crippen LogP contribution in [0.4, 0.5) is 34.1 Å². The third-order valence-electron chi connectivity index (χ3n) is 11.0. The van der Waals surface area contributed by atoms with Gasteiger partial charge in [0.2, 0.25) is 0 Å². The number of anilines is 2. The van der Waals surface area contributed by atoms with Gasteiger partial charge in [0.1, 0.15) is 32.2 Å². The van der Waals surface area contributed by atoms with Crippen LogP contribution in [0, 0.1) is 13.8 Å². The predicted molar refractivity (Wildman–Crippen MR) is 284 cm³/mol. The van der Waals surface area contributed by atoms with Gasteiger partial charge in [-0.15, -0.1) is 5.11 Å². The minimum absolute atomic E-state index is 0. The Morgan fingerprint density at radius 2 is 1.01 bits per heavy atom. The van der Waals surface area contributed by atoms with Crippen molar-refractivity contribution < 1.29 is 55.2 Å². The van der Waals surface area contributed by atoms with E-state index in [1.807, 2.05) is 13.8 Å². The molecule has 4 N–H and O–H groups in total. The van der Waals surface area contributed by atoms with Crippen molar-refractivity contribution in [2.75, 3.05) is 23.8 Å². The molecule has 0 unspecified atom stereocenters. The fourth-order valence-electron chi connectivity index (χ4n) is 7.39. The molecule has 0 aliphatic rings.